The average molecular weight is 614 g/mol. The lowest BCUT2D eigenvalue weighted by Gasteiger charge is -2.30. The summed E-state index contributed by atoms with van der Waals surface area (Å²) in [7, 11) is 0. The van der Waals surface area contributed by atoms with Gasteiger partial charge >= 0.3 is 0 Å². The minimum Gasteiger partial charge on any atom is -0.310 e. The molecule has 0 radical (unpaired) electrons. The van der Waals surface area contributed by atoms with Gasteiger partial charge in [0.05, 0.1) is 5.69 Å². The number of benzene rings is 8. The maximum absolute atomic E-state index is 2.47. The number of anilines is 3. The molecule has 1 heteroatoms. The SMILES string of the molecule is CC1(C)c2cc(-c3ccccc3)ccc2-c2c(N(c3ccc(-c4ccccc4)cc3)c3ccc4ccccc4c3)cc3ccccc3c21. The van der Waals surface area contributed by atoms with Gasteiger partial charge in [0.1, 0.15) is 0 Å². The number of fused-ring (bicyclic) bond motifs is 6. The first-order valence-electron chi connectivity index (χ1n) is 16.8. The van der Waals surface area contributed by atoms with Crippen molar-refractivity contribution >= 4 is 38.6 Å². The highest BCUT2D eigenvalue weighted by Gasteiger charge is 2.40. The summed E-state index contributed by atoms with van der Waals surface area (Å²) in [5, 5.41) is 5.04. The highest BCUT2D eigenvalue weighted by atomic mass is 15.1. The average Bonchev–Trinajstić information content (AvgIpc) is 3.39. The maximum Gasteiger partial charge on any atom is 0.0549 e. The summed E-state index contributed by atoms with van der Waals surface area (Å²) >= 11 is 0. The van der Waals surface area contributed by atoms with Crippen molar-refractivity contribution < 1.29 is 0 Å². The van der Waals surface area contributed by atoms with Crippen molar-refractivity contribution in [2.75, 3.05) is 4.90 Å². The predicted octanol–water partition coefficient (Wildman–Crippen LogP) is 13.1. The summed E-state index contributed by atoms with van der Waals surface area (Å²) < 4.78 is 0. The molecule has 0 aromatic heterocycles. The molecule has 0 saturated heterocycles. The molecule has 0 amide bonds. The zero-order valence-corrected chi connectivity index (χ0v) is 27.2. The van der Waals surface area contributed by atoms with E-state index in [1.807, 2.05) is 0 Å². The molecule has 1 aliphatic rings. The van der Waals surface area contributed by atoms with Gasteiger partial charge in [0.2, 0.25) is 0 Å². The molecule has 0 heterocycles. The topological polar surface area (TPSA) is 3.24 Å². The van der Waals surface area contributed by atoms with E-state index < -0.39 is 0 Å². The second-order valence-corrected chi connectivity index (χ2v) is 13.4. The fraction of sp³-hybridized carbons (Fsp3) is 0.0638. The third kappa shape index (κ3) is 4.54. The number of rotatable bonds is 5. The molecule has 228 valence electrons. The fourth-order valence-corrected chi connectivity index (χ4v) is 7.83. The molecule has 0 atom stereocenters. The maximum atomic E-state index is 2.47. The Hall–Kier alpha value is -5.92. The van der Waals surface area contributed by atoms with Gasteiger partial charge in [-0.25, -0.2) is 0 Å². The zero-order valence-electron chi connectivity index (χ0n) is 27.2. The van der Waals surface area contributed by atoms with E-state index in [-0.39, 0.29) is 5.41 Å². The minimum atomic E-state index is -0.197. The molecule has 0 fully saturated rings. The molecule has 8 aromatic rings. The van der Waals surface area contributed by atoms with Gasteiger partial charge in [0, 0.05) is 22.4 Å². The Morgan fingerprint density at radius 2 is 0.979 bits per heavy atom. The van der Waals surface area contributed by atoms with E-state index in [2.05, 4.69) is 195 Å². The van der Waals surface area contributed by atoms with Crippen molar-refractivity contribution in [2.24, 2.45) is 0 Å². The van der Waals surface area contributed by atoms with Crippen molar-refractivity contribution in [3.63, 3.8) is 0 Å². The smallest absolute Gasteiger partial charge is 0.0549 e. The summed E-state index contributed by atoms with van der Waals surface area (Å²) in [4.78, 5) is 2.47. The van der Waals surface area contributed by atoms with Gasteiger partial charge in [-0.2, -0.15) is 0 Å². The van der Waals surface area contributed by atoms with Crippen LogP contribution in [0.3, 0.4) is 0 Å². The number of hydrogen-bond donors (Lipinski definition) is 0. The summed E-state index contributed by atoms with van der Waals surface area (Å²) in [5.74, 6) is 0. The molecule has 8 aromatic carbocycles. The van der Waals surface area contributed by atoms with Crippen LogP contribution in [-0.2, 0) is 5.41 Å². The van der Waals surface area contributed by atoms with Crippen LogP contribution < -0.4 is 4.90 Å². The highest BCUT2D eigenvalue weighted by Crippen LogP contribution is 2.57. The molecule has 0 unspecified atom stereocenters. The molecule has 0 bridgehead atoms. The Labute approximate surface area is 282 Å². The monoisotopic (exact) mass is 613 g/mol. The van der Waals surface area contributed by atoms with E-state index in [0.717, 1.165) is 11.4 Å². The summed E-state index contributed by atoms with van der Waals surface area (Å²) in [5.41, 5.74) is 13.6. The summed E-state index contributed by atoms with van der Waals surface area (Å²) in [6.07, 6.45) is 0. The Balaban J connectivity index is 1.32. The van der Waals surface area contributed by atoms with Gasteiger partial charge in [0.25, 0.3) is 0 Å². The lowest BCUT2D eigenvalue weighted by atomic mass is 9.79. The molecular formula is C47H35N. The summed E-state index contributed by atoms with van der Waals surface area (Å²) in [6, 6.07) is 64.3. The molecular weight excluding hydrogens is 579 g/mol. The normalized spacial score (nSPS) is 13.0. The van der Waals surface area contributed by atoms with Crippen LogP contribution in [0, 0.1) is 0 Å². The fourth-order valence-electron chi connectivity index (χ4n) is 7.83. The van der Waals surface area contributed by atoms with Crippen LogP contribution in [-0.4, -0.2) is 0 Å². The first kappa shape index (κ1) is 28.3. The van der Waals surface area contributed by atoms with Crippen molar-refractivity contribution in [2.45, 2.75) is 19.3 Å². The van der Waals surface area contributed by atoms with E-state index in [1.54, 1.807) is 0 Å². The van der Waals surface area contributed by atoms with Crippen molar-refractivity contribution in [3.8, 4) is 33.4 Å². The lowest BCUT2D eigenvalue weighted by molar-refractivity contribution is 0.666. The van der Waals surface area contributed by atoms with E-state index in [0.29, 0.717) is 0 Å². The molecule has 0 aliphatic heterocycles. The molecule has 0 saturated carbocycles. The second-order valence-electron chi connectivity index (χ2n) is 13.4. The standard InChI is InChI=1S/C47H35N/c1-47(2)43-30-37(33-15-7-4-8-16-33)24-28-42(43)45-44(31-38-19-11-12-20-41(38)46(45)47)48(40-27-23-34-17-9-10-18-36(34)29-40)39-25-21-35(22-26-39)32-13-5-3-6-14-32/h3-31H,1-2H3. The highest BCUT2D eigenvalue weighted by molar-refractivity contribution is 6.06. The molecule has 1 nitrogen and oxygen atoms in total. The third-order valence-corrected chi connectivity index (χ3v) is 10.2. The number of hydrogen-bond acceptors (Lipinski definition) is 1. The van der Waals surface area contributed by atoms with Gasteiger partial charge in [-0.05, 0) is 96.9 Å². The second kappa shape index (κ2) is 11.1. The Bertz CT molecular complexity index is 2460. The van der Waals surface area contributed by atoms with E-state index in [4.69, 9.17) is 0 Å². The first-order chi connectivity index (χ1) is 23.6. The van der Waals surface area contributed by atoms with Gasteiger partial charge < -0.3 is 4.90 Å². The predicted molar refractivity (Wildman–Crippen MR) is 205 cm³/mol. The molecule has 48 heavy (non-hydrogen) atoms. The van der Waals surface area contributed by atoms with Crippen molar-refractivity contribution in [1.82, 2.24) is 0 Å². The molecule has 0 N–H and O–H groups in total. The van der Waals surface area contributed by atoms with Gasteiger partial charge in [-0.3, -0.25) is 0 Å². The molecule has 0 spiro atoms. The third-order valence-electron chi connectivity index (χ3n) is 10.2. The van der Waals surface area contributed by atoms with E-state index >= 15 is 0 Å². The quantitative estimate of drug-likeness (QED) is 0.187. The van der Waals surface area contributed by atoms with Crippen molar-refractivity contribution in [1.29, 1.82) is 0 Å². The van der Waals surface area contributed by atoms with Crippen LogP contribution in [0.15, 0.2) is 176 Å². The Morgan fingerprint density at radius 3 is 1.71 bits per heavy atom. The largest absolute Gasteiger partial charge is 0.310 e. The van der Waals surface area contributed by atoms with E-state index in [9.17, 15) is 0 Å². The minimum absolute atomic E-state index is 0.197. The van der Waals surface area contributed by atoms with Crippen LogP contribution in [0.2, 0.25) is 0 Å². The van der Waals surface area contributed by atoms with Crippen LogP contribution in [0.25, 0.3) is 54.9 Å². The molecule has 9 rings (SSSR count). The van der Waals surface area contributed by atoms with Gasteiger partial charge in [-0.1, -0.05) is 153 Å². The molecule has 1 aliphatic carbocycles. The lowest BCUT2D eigenvalue weighted by Crippen LogP contribution is -2.17. The van der Waals surface area contributed by atoms with Crippen LogP contribution >= 0.6 is 0 Å². The van der Waals surface area contributed by atoms with Crippen LogP contribution in [0.5, 0.6) is 0 Å². The van der Waals surface area contributed by atoms with Gasteiger partial charge in [-0.15, -0.1) is 0 Å². The Morgan fingerprint density at radius 1 is 0.417 bits per heavy atom. The van der Waals surface area contributed by atoms with Gasteiger partial charge in [0.15, 0.2) is 0 Å². The first-order valence-corrected chi connectivity index (χ1v) is 16.8. The zero-order chi connectivity index (χ0) is 32.2. The van der Waals surface area contributed by atoms with Crippen LogP contribution in [0.1, 0.15) is 25.0 Å². The number of nitrogens with zero attached hydrogens (tertiary/aromatic N) is 1. The Kier molecular flexibility index (Phi) is 6.55. The van der Waals surface area contributed by atoms with E-state index in [1.165, 1.54) is 71.7 Å². The van der Waals surface area contributed by atoms with Crippen molar-refractivity contribution in [3.05, 3.63) is 187 Å². The summed E-state index contributed by atoms with van der Waals surface area (Å²) in [6.45, 7) is 4.80. The van der Waals surface area contributed by atoms with Crippen LogP contribution in [0.4, 0.5) is 17.1 Å².